The van der Waals surface area contributed by atoms with E-state index in [0.29, 0.717) is 46.7 Å². The minimum atomic E-state index is -1.27. The van der Waals surface area contributed by atoms with Gasteiger partial charge >= 0.3 is 0 Å². The molecule has 2 amide bonds. The Labute approximate surface area is 229 Å². The summed E-state index contributed by atoms with van der Waals surface area (Å²) in [6, 6.07) is 14.3. The minimum Gasteiger partial charge on any atom is -0.493 e. The number of aromatic nitrogens is 1. The number of hydrogen-bond acceptors (Lipinski definition) is 6. The topological polar surface area (TPSA) is 98.8 Å². The Balaban J connectivity index is 1.31. The van der Waals surface area contributed by atoms with Crippen molar-refractivity contribution in [2.75, 3.05) is 17.7 Å². The van der Waals surface area contributed by atoms with Gasteiger partial charge in [-0.2, -0.15) is 0 Å². The lowest BCUT2D eigenvalue weighted by molar-refractivity contribution is -0.131. The second-order valence-electron chi connectivity index (χ2n) is 9.74. The second-order valence-corrected chi connectivity index (χ2v) is 9.74. The average Bonchev–Trinajstić information content (AvgIpc) is 3.73. The van der Waals surface area contributed by atoms with Crippen LogP contribution in [0.4, 0.5) is 20.2 Å². The summed E-state index contributed by atoms with van der Waals surface area (Å²) in [5.41, 5.74) is -0.144. The Morgan fingerprint density at radius 2 is 1.52 bits per heavy atom. The predicted octanol–water partition coefficient (Wildman–Crippen LogP) is 6.46. The Morgan fingerprint density at radius 1 is 0.850 bits per heavy atom. The van der Waals surface area contributed by atoms with Crippen molar-refractivity contribution in [2.24, 2.45) is 5.41 Å². The van der Waals surface area contributed by atoms with Gasteiger partial charge in [0, 0.05) is 35.1 Å². The number of ether oxygens (including phenoxy) is 3. The van der Waals surface area contributed by atoms with Crippen molar-refractivity contribution in [3.63, 3.8) is 0 Å². The van der Waals surface area contributed by atoms with Crippen molar-refractivity contribution in [3.05, 3.63) is 78.5 Å². The zero-order valence-electron chi connectivity index (χ0n) is 22.1. The van der Waals surface area contributed by atoms with Crippen LogP contribution in [0.3, 0.4) is 0 Å². The van der Waals surface area contributed by atoms with Crippen molar-refractivity contribution in [1.29, 1.82) is 0 Å². The highest BCUT2D eigenvalue weighted by Gasteiger charge is 2.56. The molecule has 0 unspecified atom stereocenters. The Kier molecular flexibility index (Phi) is 7.25. The molecule has 10 heteroatoms. The molecule has 4 aromatic rings. The maximum absolute atomic E-state index is 15.1. The average molecular weight is 548 g/mol. The van der Waals surface area contributed by atoms with Crippen molar-refractivity contribution in [1.82, 2.24) is 4.98 Å². The van der Waals surface area contributed by atoms with Crippen molar-refractivity contribution in [2.45, 2.75) is 32.8 Å². The Morgan fingerprint density at radius 3 is 2.15 bits per heavy atom. The molecule has 0 atom stereocenters. The SMILES string of the molecule is COc1cc2c(Oc3ccc(NC(=O)C4(C(=O)Nc5ccc(F)cc5)CC4)cc3F)ccnc2cc1OC(C)C. The van der Waals surface area contributed by atoms with E-state index in [1.807, 2.05) is 13.8 Å². The number of nitrogens with one attached hydrogen (secondary N) is 2. The molecule has 0 saturated heterocycles. The lowest BCUT2D eigenvalue weighted by Crippen LogP contribution is -2.35. The summed E-state index contributed by atoms with van der Waals surface area (Å²) >= 11 is 0. The summed E-state index contributed by atoms with van der Waals surface area (Å²) in [6.45, 7) is 3.80. The lowest BCUT2D eigenvalue weighted by atomic mass is 10.0. The highest BCUT2D eigenvalue weighted by atomic mass is 19.1. The molecule has 0 bridgehead atoms. The van der Waals surface area contributed by atoms with Crippen molar-refractivity contribution >= 4 is 34.1 Å². The summed E-state index contributed by atoms with van der Waals surface area (Å²) in [5, 5.41) is 5.85. The third-order valence-corrected chi connectivity index (χ3v) is 6.48. The number of methoxy groups -OCH3 is 1. The van der Waals surface area contributed by atoms with Crippen molar-refractivity contribution < 1.29 is 32.6 Å². The number of benzene rings is 3. The molecule has 8 nitrogen and oxygen atoms in total. The Hall–Kier alpha value is -4.73. The van der Waals surface area contributed by atoms with E-state index in [9.17, 15) is 14.0 Å². The van der Waals surface area contributed by atoms with Crippen molar-refractivity contribution in [3.8, 4) is 23.0 Å². The summed E-state index contributed by atoms with van der Waals surface area (Å²) in [6.07, 6.45) is 2.16. The van der Waals surface area contributed by atoms with Crippen LogP contribution in [0.15, 0.2) is 66.9 Å². The molecule has 2 N–H and O–H groups in total. The first-order valence-corrected chi connectivity index (χ1v) is 12.7. The molecule has 1 aliphatic carbocycles. The van der Waals surface area contributed by atoms with Gasteiger partial charge in [0.05, 0.1) is 18.7 Å². The summed E-state index contributed by atoms with van der Waals surface area (Å²) in [5.74, 6) is -0.906. The molecule has 0 aliphatic heterocycles. The molecule has 0 radical (unpaired) electrons. The molecular weight excluding hydrogens is 520 g/mol. The third kappa shape index (κ3) is 5.51. The van der Waals surface area contributed by atoms with Crippen LogP contribution < -0.4 is 24.8 Å². The molecule has 40 heavy (non-hydrogen) atoms. The first-order valence-electron chi connectivity index (χ1n) is 12.7. The standard InChI is InChI=1S/C30H27F2N3O5/c1-17(2)39-27-16-23-21(15-26(27)38-3)24(10-13-33-23)40-25-9-8-20(14-22(25)32)35-29(37)30(11-12-30)28(36)34-19-6-4-18(31)5-7-19/h4-10,13-17H,11-12H2,1-3H3,(H,34,36)(H,35,37). The normalized spacial score (nSPS) is 13.6. The van der Waals surface area contributed by atoms with Gasteiger partial charge in [0.2, 0.25) is 11.8 Å². The molecule has 5 rings (SSSR count). The van der Waals surface area contributed by atoms with Gasteiger partial charge in [-0.05, 0) is 75.2 Å². The van der Waals surface area contributed by atoms with Crippen LogP contribution in [0.2, 0.25) is 0 Å². The van der Waals surface area contributed by atoms with E-state index in [-0.39, 0.29) is 17.5 Å². The van der Waals surface area contributed by atoms with Gasteiger partial charge in [0.25, 0.3) is 0 Å². The zero-order valence-corrected chi connectivity index (χ0v) is 22.1. The molecule has 1 aliphatic rings. The quantitative estimate of drug-likeness (QED) is 0.234. The van der Waals surface area contributed by atoms with E-state index in [2.05, 4.69) is 15.6 Å². The number of carbonyl (C=O) groups is 2. The van der Waals surface area contributed by atoms with Gasteiger partial charge in [-0.3, -0.25) is 14.6 Å². The first-order chi connectivity index (χ1) is 19.2. The smallest absolute Gasteiger partial charge is 0.240 e. The maximum atomic E-state index is 15.1. The summed E-state index contributed by atoms with van der Waals surface area (Å²) < 4.78 is 45.4. The fourth-order valence-corrected chi connectivity index (χ4v) is 4.22. The largest absolute Gasteiger partial charge is 0.493 e. The zero-order chi connectivity index (χ0) is 28.4. The van der Waals surface area contributed by atoms with E-state index in [0.717, 1.165) is 6.07 Å². The molecular formula is C30H27F2N3O5. The van der Waals surface area contributed by atoms with E-state index < -0.39 is 28.9 Å². The van der Waals surface area contributed by atoms with Crippen LogP contribution in [-0.2, 0) is 9.59 Å². The van der Waals surface area contributed by atoms with Gasteiger partial charge in [-0.1, -0.05) is 0 Å². The molecule has 3 aromatic carbocycles. The van der Waals surface area contributed by atoms with Crippen LogP contribution >= 0.6 is 0 Å². The molecule has 206 valence electrons. The molecule has 1 heterocycles. The van der Waals surface area contributed by atoms with Gasteiger partial charge in [0.1, 0.15) is 17.0 Å². The number of fused-ring (bicyclic) bond motifs is 1. The first kappa shape index (κ1) is 26.9. The fourth-order valence-electron chi connectivity index (χ4n) is 4.22. The summed E-state index contributed by atoms with van der Waals surface area (Å²) in [7, 11) is 1.52. The number of pyridine rings is 1. The monoisotopic (exact) mass is 547 g/mol. The molecule has 1 saturated carbocycles. The number of halogens is 2. The van der Waals surface area contributed by atoms with Crippen LogP contribution in [0.25, 0.3) is 10.9 Å². The lowest BCUT2D eigenvalue weighted by Gasteiger charge is -2.17. The highest BCUT2D eigenvalue weighted by molar-refractivity contribution is 6.16. The number of carbonyl (C=O) groups excluding carboxylic acids is 2. The highest BCUT2D eigenvalue weighted by Crippen LogP contribution is 2.47. The second kappa shape index (κ2) is 10.8. The number of anilines is 2. The van der Waals surface area contributed by atoms with E-state index in [4.69, 9.17) is 14.2 Å². The number of hydrogen-bond donors (Lipinski definition) is 2. The van der Waals surface area contributed by atoms with E-state index in [1.54, 1.807) is 24.4 Å². The third-order valence-electron chi connectivity index (χ3n) is 6.48. The number of rotatable bonds is 9. The summed E-state index contributed by atoms with van der Waals surface area (Å²) in [4.78, 5) is 30.1. The maximum Gasteiger partial charge on any atom is 0.240 e. The van der Waals surface area contributed by atoms with Crippen LogP contribution in [0.5, 0.6) is 23.0 Å². The predicted molar refractivity (Wildman–Crippen MR) is 146 cm³/mol. The van der Waals surface area contributed by atoms with Gasteiger partial charge in [0.15, 0.2) is 23.1 Å². The van der Waals surface area contributed by atoms with Crippen LogP contribution in [0.1, 0.15) is 26.7 Å². The van der Waals surface area contributed by atoms with Gasteiger partial charge in [-0.25, -0.2) is 8.78 Å². The Bertz CT molecular complexity index is 1590. The van der Waals surface area contributed by atoms with Crippen LogP contribution in [-0.4, -0.2) is 30.0 Å². The molecule has 0 spiro atoms. The minimum absolute atomic E-state index is 0.0674. The van der Waals surface area contributed by atoms with E-state index >= 15 is 4.39 Å². The van der Waals surface area contributed by atoms with E-state index in [1.165, 1.54) is 43.5 Å². The molecule has 1 fully saturated rings. The number of nitrogens with zero attached hydrogens (tertiary/aromatic N) is 1. The van der Waals surface area contributed by atoms with Gasteiger partial charge in [-0.15, -0.1) is 0 Å². The number of amides is 2. The van der Waals surface area contributed by atoms with Gasteiger partial charge < -0.3 is 24.8 Å². The van der Waals surface area contributed by atoms with Crippen LogP contribution in [0, 0.1) is 17.0 Å². The molecule has 1 aromatic heterocycles. The fraction of sp³-hybridized carbons (Fsp3) is 0.233.